The first kappa shape index (κ1) is 19.1. The van der Waals surface area contributed by atoms with Crippen LogP contribution < -0.4 is 4.90 Å². The molecule has 2 aromatic rings. The van der Waals surface area contributed by atoms with E-state index >= 15 is 0 Å². The normalized spacial score (nSPS) is 15.7. The summed E-state index contributed by atoms with van der Waals surface area (Å²) in [6, 6.07) is 10.8. The Hall–Kier alpha value is -2.63. The van der Waals surface area contributed by atoms with E-state index in [9.17, 15) is 14.0 Å². The molecule has 0 fully saturated rings. The quantitative estimate of drug-likeness (QED) is 0.532. The molecule has 0 spiro atoms. The highest BCUT2D eigenvalue weighted by atomic mass is 35.5. The molecule has 0 N–H and O–H groups in total. The molecule has 2 aromatic carbocycles. The number of esters is 1. The summed E-state index contributed by atoms with van der Waals surface area (Å²) in [7, 11) is 1.24. The Morgan fingerprint density at radius 2 is 1.93 bits per heavy atom. The van der Waals surface area contributed by atoms with Gasteiger partial charge in [0.1, 0.15) is 5.82 Å². The zero-order valence-corrected chi connectivity index (χ0v) is 15.9. The Kier molecular flexibility index (Phi) is 5.35. The van der Waals surface area contributed by atoms with Gasteiger partial charge in [0.25, 0.3) is 5.91 Å². The molecule has 138 valence electrons. The van der Waals surface area contributed by atoms with Crippen LogP contribution in [0.25, 0.3) is 6.08 Å². The predicted octanol–water partition coefficient (Wildman–Crippen LogP) is 5.01. The van der Waals surface area contributed by atoms with E-state index in [1.807, 2.05) is 0 Å². The number of carbonyl (C=O) groups excluding carboxylic acids is 2. The molecular weight excluding hydrogens is 392 g/mol. The highest BCUT2D eigenvalue weighted by Gasteiger charge is 2.38. The van der Waals surface area contributed by atoms with Crippen LogP contribution in [0.2, 0.25) is 10.0 Å². The second-order valence-electron chi connectivity index (χ2n) is 5.80. The number of hydrogen-bond acceptors (Lipinski definition) is 3. The van der Waals surface area contributed by atoms with E-state index in [4.69, 9.17) is 27.9 Å². The van der Waals surface area contributed by atoms with Crippen LogP contribution in [0.15, 0.2) is 59.3 Å². The number of allylic oxidation sites excluding steroid dienone is 1. The summed E-state index contributed by atoms with van der Waals surface area (Å²) < 4.78 is 18.3. The lowest BCUT2D eigenvalue weighted by Gasteiger charge is -2.18. The van der Waals surface area contributed by atoms with Crippen LogP contribution in [-0.4, -0.2) is 19.0 Å². The van der Waals surface area contributed by atoms with Crippen LogP contribution in [0.4, 0.5) is 10.1 Å². The minimum absolute atomic E-state index is 0.125. The van der Waals surface area contributed by atoms with Crippen molar-refractivity contribution in [1.29, 1.82) is 0 Å². The number of hydrogen-bond donors (Lipinski definition) is 0. The molecule has 0 bridgehead atoms. The van der Waals surface area contributed by atoms with Crippen molar-refractivity contribution in [3.8, 4) is 0 Å². The third kappa shape index (κ3) is 3.61. The summed E-state index contributed by atoms with van der Waals surface area (Å²) in [5.74, 6) is -1.70. The first-order valence-corrected chi connectivity index (χ1v) is 8.65. The molecule has 1 aliphatic heterocycles. The van der Waals surface area contributed by atoms with E-state index in [1.165, 1.54) is 24.1 Å². The molecule has 4 nitrogen and oxygen atoms in total. The first-order chi connectivity index (χ1) is 12.8. The maximum absolute atomic E-state index is 13.5. The lowest BCUT2D eigenvalue weighted by atomic mass is 10.0. The summed E-state index contributed by atoms with van der Waals surface area (Å²) in [4.78, 5) is 26.7. The molecule has 1 heterocycles. The van der Waals surface area contributed by atoms with Gasteiger partial charge in [0.05, 0.1) is 29.0 Å². The number of rotatable bonds is 3. The van der Waals surface area contributed by atoms with Crippen LogP contribution >= 0.6 is 23.2 Å². The molecule has 0 saturated carbocycles. The second-order valence-corrected chi connectivity index (χ2v) is 6.65. The van der Waals surface area contributed by atoms with Crippen LogP contribution in [0.3, 0.4) is 0 Å². The van der Waals surface area contributed by atoms with E-state index in [2.05, 4.69) is 0 Å². The third-order valence-electron chi connectivity index (χ3n) is 4.11. The number of benzene rings is 2. The van der Waals surface area contributed by atoms with Crippen LogP contribution in [0.5, 0.6) is 0 Å². The topological polar surface area (TPSA) is 46.6 Å². The van der Waals surface area contributed by atoms with Crippen molar-refractivity contribution in [3.05, 3.63) is 80.7 Å². The molecule has 1 amide bonds. The summed E-state index contributed by atoms with van der Waals surface area (Å²) in [6.07, 6.45) is 1.56. The van der Waals surface area contributed by atoms with Gasteiger partial charge in [-0.2, -0.15) is 0 Å². The Bertz CT molecular complexity index is 1010. The summed E-state index contributed by atoms with van der Waals surface area (Å²) in [5.41, 5.74) is 1.65. The Morgan fingerprint density at radius 3 is 2.56 bits per heavy atom. The zero-order valence-electron chi connectivity index (χ0n) is 14.4. The molecule has 0 radical (unpaired) electrons. The SMILES string of the molecule is COC(=O)C1=C(C)N(c2ccc(F)c(Cl)c2)C(=O)/C1=C\c1cccc(Cl)c1. The number of methoxy groups -OCH3 is 1. The van der Waals surface area contributed by atoms with Crippen molar-refractivity contribution in [3.63, 3.8) is 0 Å². The van der Waals surface area contributed by atoms with Crippen LogP contribution in [-0.2, 0) is 14.3 Å². The van der Waals surface area contributed by atoms with Gasteiger partial charge in [-0.05, 0) is 48.9 Å². The van der Waals surface area contributed by atoms with Gasteiger partial charge in [0, 0.05) is 10.7 Å². The van der Waals surface area contributed by atoms with Crippen LogP contribution in [0.1, 0.15) is 12.5 Å². The predicted molar refractivity (Wildman–Crippen MR) is 103 cm³/mol. The van der Waals surface area contributed by atoms with Crippen molar-refractivity contribution < 1.29 is 18.7 Å². The molecule has 0 saturated heterocycles. The van der Waals surface area contributed by atoms with E-state index in [0.29, 0.717) is 22.0 Å². The van der Waals surface area contributed by atoms with Gasteiger partial charge in [-0.25, -0.2) is 9.18 Å². The minimum Gasteiger partial charge on any atom is -0.465 e. The van der Waals surface area contributed by atoms with Gasteiger partial charge >= 0.3 is 5.97 Å². The number of nitrogens with zero attached hydrogens (tertiary/aromatic N) is 1. The Balaban J connectivity index is 2.15. The highest BCUT2D eigenvalue weighted by Crippen LogP contribution is 2.36. The summed E-state index contributed by atoms with van der Waals surface area (Å²) in [6.45, 7) is 1.61. The monoisotopic (exact) mass is 405 g/mol. The smallest absolute Gasteiger partial charge is 0.340 e. The fourth-order valence-electron chi connectivity index (χ4n) is 2.88. The largest absolute Gasteiger partial charge is 0.465 e. The van der Waals surface area contributed by atoms with Gasteiger partial charge in [-0.15, -0.1) is 0 Å². The van der Waals surface area contributed by atoms with E-state index < -0.39 is 17.7 Å². The Morgan fingerprint density at radius 1 is 1.19 bits per heavy atom. The number of carbonyl (C=O) groups is 2. The summed E-state index contributed by atoms with van der Waals surface area (Å²) >= 11 is 11.8. The number of amides is 1. The van der Waals surface area contributed by atoms with Gasteiger partial charge in [0.15, 0.2) is 0 Å². The van der Waals surface area contributed by atoms with Crippen molar-refractivity contribution in [2.45, 2.75) is 6.92 Å². The van der Waals surface area contributed by atoms with E-state index in [-0.39, 0.29) is 16.2 Å². The maximum atomic E-state index is 13.5. The van der Waals surface area contributed by atoms with Crippen molar-refractivity contribution in [2.75, 3.05) is 12.0 Å². The fraction of sp³-hybridized carbons (Fsp3) is 0.100. The first-order valence-electron chi connectivity index (χ1n) is 7.90. The van der Waals surface area contributed by atoms with Crippen LogP contribution in [0, 0.1) is 5.82 Å². The standard InChI is InChI=1S/C20H14Cl2FNO3/c1-11-18(20(26)27-2)15(9-12-4-3-5-13(21)8-12)19(25)24(11)14-6-7-17(23)16(22)10-14/h3-10H,1-2H3/b15-9-. The zero-order chi connectivity index (χ0) is 19.7. The molecule has 0 aromatic heterocycles. The second kappa shape index (κ2) is 7.55. The molecule has 1 aliphatic rings. The summed E-state index contributed by atoms with van der Waals surface area (Å²) in [5, 5.41) is 0.372. The maximum Gasteiger partial charge on any atom is 0.340 e. The average Bonchev–Trinajstić information content (AvgIpc) is 2.87. The van der Waals surface area contributed by atoms with Gasteiger partial charge in [0.2, 0.25) is 0 Å². The number of anilines is 1. The number of halogens is 3. The van der Waals surface area contributed by atoms with Gasteiger partial charge < -0.3 is 4.74 Å². The van der Waals surface area contributed by atoms with Crippen molar-refractivity contribution >= 4 is 46.8 Å². The lowest BCUT2D eigenvalue weighted by molar-refractivity contribution is -0.136. The minimum atomic E-state index is -0.648. The molecule has 3 rings (SSSR count). The fourth-order valence-corrected chi connectivity index (χ4v) is 3.25. The van der Waals surface area contributed by atoms with E-state index in [1.54, 1.807) is 37.3 Å². The third-order valence-corrected chi connectivity index (χ3v) is 4.64. The number of ether oxygens (including phenoxy) is 1. The Labute approximate surface area is 165 Å². The molecule has 0 aliphatic carbocycles. The van der Waals surface area contributed by atoms with Crippen molar-refractivity contribution in [1.82, 2.24) is 0 Å². The van der Waals surface area contributed by atoms with Crippen molar-refractivity contribution in [2.24, 2.45) is 0 Å². The lowest BCUT2D eigenvalue weighted by Crippen LogP contribution is -2.24. The van der Waals surface area contributed by atoms with Gasteiger partial charge in [-0.3, -0.25) is 9.69 Å². The van der Waals surface area contributed by atoms with E-state index in [0.717, 1.165) is 6.07 Å². The van der Waals surface area contributed by atoms with Gasteiger partial charge in [-0.1, -0.05) is 35.3 Å². The molecular formula is C20H14Cl2FNO3. The molecule has 7 heteroatoms. The average molecular weight is 406 g/mol. The highest BCUT2D eigenvalue weighted by molar-refractivity contribution is 6.31. The molecule has 0 atom stereocenters. The molecule has 0 unspecified atom stereocenters. The molecule has 27 heavy (non-hydrogen) atoms.